The van der Waals surface area contributed by atoms with Gasteiger partial charge >= 0.3 is 5.69 Å². The first kappa shape index (κ1) is 13.1. The molecule has 1 saturated heterocycles. The molecule has 5 nitrogen and oxygen atoms in total. The molecule has 0 atom stereocenters. The lowest BCUT2D eigenvalue weighted by Gasteiger charge is -2.30. The van der Waals surface area contributed by atoms with Crippen molar-refractivity contribution < 1.29 is 0 Å². The zero-order chi connectivity index (χ0) is 13.3. The van der Waals surface area contributed by atoms with Crippen LogP contribution >= 0.6 is 0 Å². The molecule has 0 saturated carbocycles. The molecule has 1 aliphatic rings. The molecule has 0 unspecified atom stereocenters. The van der Waals surface area contributed by atoms with E-state index in [4.69, 9.17) is 0 Å². The van der Waals surface area contributed by atoms with E-state index >= 15 is 0 Å². The maximum Gasteiger partial charge on any atom is 0.330 e. The van der Waals surface area contributed by atoms with Gasteiger partial charge in [0, 0.05) is 32.4 Å². The van der Waals surface area contributed by atoms with E-state index in [0.29, 0.717) is 6.54 Å². The molecule has 1 aromatic rings. The molecule has 100 valence electrons. The predicted octanol–water partition coefficient (Wildman–Crippen LogP) is 0.316. The molecule has 1 fully saturated rings. The van der Waals surface area contributed by atoms with Crippen molar-refractivity contribution in [2.45, 2.75) is 26.3 Å². The van der Waals surface area contributed by atoms with Crippen molar-refractivity contribution >= 4 is 0 Å². The minimum absolute atomic E-state index is 0.224. The molecular weight excluding hydrogens is 230 g/mol. The number of hydrogen-bond donors (Lipinski definition) is 0. The Bertz CT molecular complexity index is 536. The first-order chi connectivity index (χ1) is 8.49. The third-order valence-corrected chi connectivity index (χ3v) is 3.89. The van der Waals surface area contributed by atoms with Gasteiger partial charge in [0.25, 0.3) is 5.56 Å². The standard InChI is InChI=1S/C13H21N3O2/c1-10-4-6-16(7-5-10)9-11-8-12(17)15(3)13(18)14(11)2/h8,10H,4-7,9H2,1-3H3. The largest absolute Gasteiger partial charge is 0.330 e. The molecule has 0 N–H and O–H groups in total. The number of likely N-dealkylation sites (tertiary alicyclic amines) is 1. The minimum atomic E-state index is -0.247. The van der Waals surface area contributed by atoms with Crippen LogP contribution in [0.1, 0.15) is 25.5 Å². The Labute approximate surface area is 107 Å². The Morgan fingerprint density at radius 2 is 1.78 bits per heavy atom. The molecular formula is C13H21N3O2. The Hall–Kier alpha value is -1.36. The molecule has 1 aromatic heterocycles. The zero-order valence-corrected chi connectivity index (χ0v) is 11.3. The molecule has 18 heavy (non-hydrogen) atoms. The van der Waals surface area contributed by atoms with Crippen LogP contribution in [0.3, 0.4) is 0 Å². The van der Waals surface area contributed by atoms with Crippen LogP contribution in [0.25, 0.3) is 0 Å². The van der Waals surface area contributed by atoms with E-state index in [1.165, 1.54) is 19.9 Å². The zero-order valence-electron chi connectivity index (χ0n) is 11.3. The van der Waals surface area contributed by atoms with Gasteiger partial charge in [0.1, 0.15) is 0 Å². The lowest BCUT2D eigenvalue weighted by atomic mass is 9.99. The third-order valence-electron chi connectivity index (χ3n) is 3.89. The summed E-state index contributed by atoms with van der Waals surface area (Å²) in [5.41, 5.74) is 0.332. The molecule has 0 spiro atoms. The molecule has 5 heteroatoms. The summed E-state index contributed by atoms with van der Waals surface area (Å²) in [6.45, 7) is 5.05. The maximum atomic E-state index is 11.8. The molecule has 0 bridgehead atoms. The van der Waals surface area contributed by atoms with Crippen LogP contribution in [0.15, 0.2) is 15.7 Å². The predicted molar refractivity (Wildman–Crippen MR) is 70.6 cm³/mol. The van der Waals surface area contributed by atoms with E-state index in [-0.39, 0.29) is 11.2 Å². The van der Waals surface area contributed by atoms with Crippen LogP contribution < -0.4 is 11.2 Å². The summed E-state index contributed by atoms with van der Waals surface area (Å²) in [5, 5.41) is 0. The highest BCUT2D eigenvalue weighted by molar-refractivity contribution is 5.02. The summed E-state index contributed by atoms with van der Waals surface area (Å²) < 4.78 is 2.71. The molecule has 1 aliphatic heterocycles. The smallest absolute Gasteiger partial charge is 0.299 e. The van der Waals surface area contributed by atoms with Gasteiger partial charge in [-0.15, -0.1) is 0 Å². The monoisotopic (exact) mass is 251 g/mol. The van der Waals surface area contributed by atoms with Gasteiger partial charge in [-0.25, -0.2) is 4.79 Å². The second-order valence-electron chi connectivity index (χ2n) is 5.33. The highest BCUT2D eigenvalue weighted by Crippen LogP contribution is 2.17. The van der Waals surface area contributed by atoms with Gasteiger partial charge in [-0.1, -0.05) is 6.92 Å². The summed E-state index contributed by atoms with van der Waals surface area (Å²) in [4.78, 5) is 25.8. The number of rotatable bonds is 2. The van der Waals surface area contributed by atoms with Gasteiger partial charge < -0.3 is 0 Å². The summed E-state index contributed by atoms with van der Waals surface area (Å²) in [7, 11) is 3.24. The lowest BCUT2D eigenvalue weighted by Crippen LogP contribution is -2.40. The molecule has 0 aliphatic carbocycles. The van der Waals surface area contributed by atoms with E-state index in [2.05, 4.69) is 11.8 Å². The van der Waals surface area contributed by atoms with Gasteiger partial charge in [0.2, 0.25) is 0 Å². The van der Waals surface area contributed by atoms with E-state index in [0.717, 1.165) is 29.3 Å². The fraction of sp³-hybridized carbons (Fsp3) is 0.692. The number of piperidine rings is 1. The van der Waals surface area contributed by atoms with Crippen molar-refractivity contribution in [3.05, 3.63) is 32.6 Å². The topological polar surface area (TPSA) is 47.2 Å². The fourth-order valence-electron chi connectivity index (χ4n) is 2.38. The molecule has 2 heterocycles. The van der Waals surface area contributed by atoms with E-state index < -0.39 is 0 Å². The Kier molecular flexibility index (Phi) is 3.71. The van der Waals surface area contributed by atoms with Gasteiger partial charge in [0.05, 0.1) is 0 Å². The Morgan fingerprint density at radius 1 is 1.17 bits per heavy atom. The van der Waals surface area contributed by atoms with E-state index in [1.54, 1.807) is 17.7 Å². The van der Waals surface area contributed by atoms with Gasteiger partial charge in [-0.05, 0) is 31.8 Å². The SMILES string of the molecule is CC1CCN(Cc2cc(=O)n(C)c(=O)n2C)CC1. The minimum Gasteiger partial charge on any atom is -0.299 e. The summed E-state index contributed by atoms with van der Waals surface area (Å²) in [5.74, 6) is 0.786. The van der Waals surface area contributed by atoms with Crippen LogP contribution in [0, 0.1) is 5.92 Å². The fourth-order valence-corrected chi connectivity index (χ4v) is 2.38. The maximum absolute atomic E-state index is 11.8. The van der Waals surface area contributed by atoms with Crippen molar-refractivity contribution in [2.75, 3.05) is 13.1 Å². The normalized spacial score (nSPS) is 18.2. The number of hydrogen-bond acceptors (Lipinski definition) is 3. The van der Waals surface area contributed by atoms with Gasteiger partial charge in [0.15, 0.2) is 0 Å². The quantitative estimate of drug-likeness (QED) is 0.760. The van der Waals surface area contributed by atoms with Crippen molar-refractivity contribution in [1.82, 2.24) is 14.0 Å². The van der Waals surface area contributed by atoms with Crippen LogP contribution in [0.4, 0.5) is 0 Å². The summed E-state index contributed by atoms with van der Waals surface area (Å²) in [6.07, 6.45) is 2.39. The first-order valence-electron chi connectivity index (χ1n) is 6.47. The number of aromatic nitrogens is 2. The van der Waals surface area contributed by atoms with Crippen molar-refractivity contribution in [3.63, 3.8) is 0 Å². The second kappa shape index (κ2) is 5.10. The van der Waals surface area contributed by atoms with Crippen LogP contribution in [-0.4, -0.2) is 27.1 Å². The highest BCUT2D eigenvalue weighted by Gasteiger charge is 2.17. The van der Waals surface area contributed by atoms with Crippen LogP contribution in [0.2, 0.25) is 0 Å². The van der Waals surface area contributed by atoms with Gasteiger partial charge in [-0.3, -0.25) is 18.8 Å². The lowest BCUT2D eigenvalue weighted by molar-refractivity contribution is 0.181. The Balaban J connectivity index is 2.20. The van der Waals surface area contributed by atoms with Crippen LogP contribution in [0.5, 0.6) is 0 Å². The highest BCUT2D eigenvalue weighted by atomic mass is 16.2. The molecule has 0 radical (unpaired) electrons. The average Bonchev–Trinajstić information content (AvgIpc) is 2.36. The van der Waals surface area contributed by atoms with Gasteiger partial charge in [-0.2, -0.15) is 0 Å². The van der Waals surface area contributed by atoms with Crippen molar-refractivity contribution in [3.8, 4) is 0 Å². The van der Waals surface area contributed by atoms with E-state index in [9.17, 15) is 9.59 Å². The average molecular weight is 251 g/mol. The second-order valence-corrected chi connectivity index (χ2v) is 5.33. The number of nitrogens with zero attached hydrogens (tertiary/aromatic N) is 3. The van der Waals surface area contributed by atoms with Crippen molar-refractivity contribution in [1.29, 1.82) is 0 Å². The molecule has 2 rings (SSSR count). The van der Waals surface area contributed by atoms with Crippen LogP contribution in [-0.2, 0) is 20.6 Å². The third kappa shape index (κ3) is 2.56. The Morgan fingerprint density at radius 3 is 2.39 bits per heavy atom. The summed E-state index contributed by atoms with van der Waals surface area (Å²) in [6, 6.07) is 1.57. The van der Waals surface area contributed by atoms with Crippen molar-refractivity contribution in [2.24, 2.45) is 20.0 Å². The first-order valence-corrected chi connectivity index (χ1v) is 6.47. The molecule has 0 amide bonds. The summed E-state index contributed by atoms with van der Waals surface area (Å²) >= 11 is 0. The molecule has 0 aromatic carbocycles. The van der Waals surface area contributed by atoms with E-state index in [1.807, 2.05) is 0 Å².